The first-order valence-corrected chi connectivity index (χ1v) is 7.86. The lowest BCUT2D eigenvalue weighted by atomic mass is 10.2. The second kappa shape index (κ2) is 8.19. The highest BCUT2D eigenvalue weighted by Crippen LogP contribution is 2.20. The Kier molecular flexibility index (Phi) is 6.86. The van der Waals surface area contributed by atoms with Gasteiger partial charge in [-0.3, -0.25) is 0 Å². The molecule has 2 N–H and O–H groups in total. The van der Waals surface area contributed by atoms with E-state index in [1.54, 1.807) is 6.33 Å². The fourth-order valence-corrected chi connectivity index (χ4v) is 2.08. The van der Waals surface area contributed by atoms with Gasteiger partial charge in [0.1, 0.15) is 18.0 Å². The van der Waals surface area contributed by atoms with Crippen LogP contribution in [0.25, 0.3) is 0 Å². The van der Waals surface area contributed by atoms with E-state index in [4.69, 9.17) is 0 Å². The molecule has 0 aliphatic rings. The van der Waals surface area contributed by atoms with Gasteiger partial charge < -0.3 is 10.6 Å². The highest BCUT2D eigenvalue weighted by atomic mass is 32.2. The molecule has 0 bridgehead atoms. The quantitative estimate of drug-likeness (QED) is 0.759. The maximum Gasteiger partial charge on any atom is 0.134 e. The van der Waals surface area contributed by atoms with E-state index in [0.717, 1.165) is 37.6 Å². The molecule has 0 aliphatic carbocycles. The molecule has 0 radical (unpaired) electrons. The SMILES string of the molecule is CCNc1ncnc(NCCC(C)SC)c1CC. The van der Waals surface area contributed by atoms with Crippen molar-refractivity contribution in [1.29, 1.82) is 0 Å². The third-order valence-electron chi connectivity index (χ3n) is 2.89. The Balaban J connectivity index is 2.66. The van der Waals surface area contributed by atoms with E-state index in [-0.39, 0.29) is 0 Å². The van der Waals surface area contributed by atoms with Crippen LogP contribution < -0.4 is 10.6 Å². The Bertz CT molecular complexity index is 357. The third-order valence-corrected chi connectivity index (χ3v) is 3.93. The number of anilines is 2. The van der Waals surface area contributed by atoms with Crippen LogP contribution >= 0.6 is 11.8 Å². The first-order chi connectivity index (χ1) is 8.72. The van der Waals surface area contributed by atoms with Crippen molar-refractivity contribution in [3.8, 4) is 0 Å². The molecule has 0 aromatic carbocycles. The van der Waals surface area contributed by atoms with E-state index < -0.39 is 0 Å². The summed E-state index contributed by atoms with van der Waals surface area (Å²) in [5.41, 5.74) is 1.18. The fraction of sp³-hybridized carbons (Fsp3) is 0.692. The second-order valence-electron chi connectivity index (χ2n) is 4.20. The Morgan fingerprint density at radius 3 is 2.44 bits per heavy atom. The molecule has 0 spiro atoms. The van der Waals surface area contributed by atoms with Crippen molar-refractivity contribution in [1.82, 2.24) is 9.97 Å². The molecule has 0 fully saturated rings. The van der Waals surface area contributed by atoms with Crippen molar-refractivity contribution in [2.75, 3.05) is 30.0 Å². The Hall–Kier alpha value is -0.970. The third kappa shape index (κ3) is 4.37. The molecule has 102 valence electrons. The maximum atomic E-state index is 4.35. The first kappa shape index (κ1) is 15.1. The monoisotopic (exact) mass is 268 g/mol. The summed E-state index contributed by atoms with van der Waals surface area (Å²) in [4.78, 5) is 8.64. The van der Waals surface area contributed by atoms with Crippen LogP contribution in [0.2, 0.25) is 0 Å². The summed E-state index contributed by atoms with van der Waals surface area (Å²) in [5, 5.41) is 7.38. The molecule has 1 rings (SSSR count). The van der Waals surface area contributed by atoms with Gasteiger partial charge in [-0.05, 0) is 26.0 Å². The van der Waals surface area contributed by atoms with Crippen LogP contribution in [0.4, 0.5) is 11.6 Å². The van der Waals surface area contributed by atoms with Crippen LogP contribution in [-0.2, 0) is 6.42 Å². The van der Waals surface area contributed by atoms with Gasteiger partial charge in [0, 0.05) is 23.9 Å². The van der Waals surface area contributed by atoms with Crippen molar-refractivity contribution < 1.29 is 0 Å². The lowest BCUT2D eigenvalue weighted by molar-refractivity contribution is 0.845. The fourth-order valence-electron chi connectivity index (χ4n) is 1.73. The van der Waals surface area contributed by atoms with Gasteiger partial charge in [0.05, 0.1) is 0 Å². The van der Waals surface area contributed by atoms with Crippen molar-refractivity contribution in [3.63, 3.8) is 0 Å². The van der Waals surface area contributed by atoms with Crippen LogP contribution in [0.3, 0.4) is 0 Å². The molecule has 0 saturated carbocycles. The highest BCUT2D eigenvalue weighted by molar-refractivity contribution is 7.99. The van der Waals surface area contributed by atoms with Crippen LogP contribution in [0, 0.1) is 0 Å². The molecule has 5 heteroatoms. The summed E-state index contributed by atoms with van der Waals surface area (Å²) < 4.78 is 0. The van der Waals surface area contributed by atoms with E-state index in [1.165, 1.54) is 5.56 Å². The molecule has 1 aromatic rings. The zero-order valence-corrected chi connectivity index (χ0v) is 12.6. The predicted molar refractivity (Wildman–Crippen MR) is 81.7 cm³/mol. The normalized spacial score (nSPS) is 12.2. The Morgan fingerprint density at radius 1 is 1.22 bits per heavy atom. The lowest BCUT2D eigenvalue weighted by Crippen LogP contribution is -2.12. The van der Waals surface area contributed by atoms with Gasteiger partial charge in [-0.2, -0.15) is 11.8 Å². The molecular weight excluding hydrogens is 244 g/mol. The molecule has 4 nitrogen and oxygen atoms in total. The summed E-state index contributed by atoms with van der Waals surface area (Å²) in [6.07, 6.45) is 5.85. The number of nitrogens with one attached hydrogen (secondary N) is 2. The highest BCUT2D eigenvalue weighted by Gasteiger charge is 2.09. The smallest absolute Gasteiger partial charge is 0.134 e. The molecule has 0 saturated heterocycles. The van der Waals surface area contributed by atoms with Gasteiger partial charge in [-0.25, -0.2) is 9.97 Å². The van der Waals surface area contributed by atoms with Crippen LogP contribution in [-0.4, -0.2) is 34.6 Å². The molecular formula is C13H24N4S. The largest absolute Gasteiger partial charge is 0.370 e. The number of nitrogens with zero attached hydrogens (tertiary/aromatic N) is 2. The minimum Gasteiger partial charge on any atom is -0.370 e. The average molecular weight is 268 g/mol. The molecule has 1 atom stereocenters. The van der Waals surface area contributed by atoms with Crippen LogP contribution in [0.15, 0.2) is 6.33 Å². The lowest BCUT2D eigenvalue weighted by Gasteiger charge is -2.14. The van der Waals surface area contributed by atoms with Gasteiger partial charge in [0.2, 0.25) is 0 Å². The maximum absolute atomic E-state index is 4.35. The zero-order chi connectivity index (χ0) is 13.4. The second-order valence-corrected chi connectivity index (χ2v) is 5.47. The average Bonchev–Trinajstić information content (AvgIpc) is 2.39. The molecule has 0 aliphatic heterocycles. The van der Waals surface area contributed by atoms with Gasteiger partial charge in [0.15, 0.2) is 0 Å². The van der Waals surface area contributed by atoms with E-state index in [0.29, 0.717) is 5.25 Å². The number of rotatable bonds is 8. The van der Waals surface area contributed by atoms with Crippen LogP contribution in [0.5, 0.6) is 0 Å². The van der Waals surface area contributed by atoms with Crippen molar-refractivity contribution in [2.45, 2.75) is 38.9 Å². The number of thioether (sulfide) groups is 1. The summed E-state index contributed by atoms with van der Waals surface area (Å²) >= 11 is 1.90. The standard InChI is InChI=1S/C13H24N4S/c1-5-11-12(14-6-2)16-9-17-13(11)15-8-7-10(3)18-4/h9-10H,5-8H2,1-4H3,(H2,14,15,16,17). The van der Waals surface area contributed by atoms with E-state index >= 15 is 0 Å². The van der Waals surface area contributed by atoms with E-state index in [2.05, 4.69) is 47.6 Å². The van der Waals surface area contributed by atoms with Gasteiger partial charge >= 0.3 is 0 Å². The zero-order valence-electron chi connectivity index (χ0n) is 11.8. The minimum absolute atomic E-state index is 0.678. The Morgan fingerprint density at radius 2 is 1.89 bits per heavy atom. The minimum atomic E-state index is 0.678. The summed E-state index contributed by atoms with van der Waals surface area (Å²) in [6.45, 7) is 8.30. The van der Waals surface area contributed by atoms with Gasteiger partial charge in [-0.15, -0.1) is 0 Å². The summed E-state index contributed by atoms with van der Waals surface area (Å²) in [5.74, 6) is 1.92. The van der Waals surface area contributed by atoms with Crippen molar-refractivity contribution >= 4 is 23.4 Å². The van der Waals surface area contributed by atoms with E-state index in [9.17, 15) is 0 Å². The summed E-state index contributed by atoms with van der Waals surface area (Å²) in [7, 11) is 0. The van der Waals surface area contributed by atoms with Gasteiger partial charge in [-0.1, -0.05) is 13.8 Å². The first-order valence-electron chi connectivity index (χ1n) is 6.57. The predicted octanol–water partition coefficient (Wildman–Crippen LogP) is 3.02. The number of hydrogen-bond donors (Lipinski definition) is 2. The number of hydrogen-bond acceptors (Lipinski definition) is 5. The van der Waals surface area contributed by atoms with E-state index in [1.807, 2.05) is 11.8 Å². The molecule has 1 aromatic heterocycles. The molecule has 0 amide bonds. The van der Waals surface area contributed by atoms with Crippen molar-refractivity contribution in [3.05, 3.63) is 11.9 Å². The molecule has 18 heavy (non-hydrogen) atoms. The Labute approximate surface area is 114 Å². The molecule has 1 heterocycles. The topological polar surface area (TPSA) is 49.8 Å². The van der Waals surface area contributed by atoms with Crippen molar-refractivity contribution in [2.24, 2.45) is 0 Å². The van der Waals surface area contributed by atoms with Gasteiger partial charge in [0.25, 0.3) is 0 Å². The molecule has 1 unspecified atom stereocenters. The van der Waals surface area contributed by atoms with Crippen LogP contribution in [0.1, 0.15) is 32.8 Å². The number of aromatic nitrogens is 2. The summed E-state index contributed by atoms with van der Waals surface area (Å²) in [6, 6.07) is 0.